The summed E-state index contributed by atoms with van der Waals surface area (Å²) in [5.74, 6) is -0.410. The van der Waals surface area contributed by atoms with Crippen molar-refractivity contribution in [3.63, 3.8) is 0 Å². The highest BCUT2D eigenvalue weighted by Crippen LogP contribution is 2.15. The van der Waals surface area contributed by atoms with Gasteiger partial charge in [0, 0.05) is 55.6 Å². The van der Waals surface area contributed by atoms with E-state index < -0.39 is 10.0 Å². The smallest absolute Gasteiger partial charge is 0.274 e. The summed E-state index contributed by atoms with van der Waals surface area (Å²) in [5, 5.41) is 1.95. The van der Waals surface area contributed by atoms with Gasteiger partial charge >= 0.3 is 0 Å². The average molecular weight is 486 g/mol. The van der Waals surface area contributed by atoms with Gasteiger partial charge in [0.05, 0.1) is 11.1 Å². The molecule has 0 unspecified atom stereocenters. The first-order valence-corrected chi connectivity index (χ1v) is 12.8. The number of nitrogens with zero attached hydrogens (tertiary/aromatic N) is 4. The van der Waals surface area contributed by atoms with Crippen molar-refractivity contribution >= 4 is 33.2 Å². The molecule has 1 N–H and O–H groups in total. The van der Waals surface area contributed by atoms with E-state index in [1.165, 1.54) is 42.9 Å². The summed E-state index contributed by atoms with van der Waals surface area (Å²) in [7, 11) is -3.65. The molecule has 1 fully saturated rings. The number of nitrogens with one attached hydrogen (secondary N) is 1. The molecule has 3 heterocycles. The van der Waals surface area contributed by atoms with Gasteiger partial charge in [0.1, 0.15) is 5.69 Å². The molecule has 11 heteroatoms. The van der Waals surface area contributed by atoms with Crippen LogP contribution < -0.4 is 4.72 Å². The molecule has 1 aliphatic rings. The third-order valence-corrected chi connectivity index (χ3v) is 7.70. The maximum absolute atomic E-state index is 12.8. The molecule has 3 aromatic rings. The number of sulfonamides is 1. The third kappa shape index (κ3) is 5.62. The highest BCUT2D eigenvalue weighted by Gasteiger charge is 2.26. The Morgan fingerprint density at radius 3 is 2.27 bits per heavy atom. The molecular weight excluding hydrogens is 462 g/mol. The zero-order valence-electron chi connectivity index (χ0n) is 17.8. The van der Waals surface area contributed by atoms with E-state index in [4.69, 9.17) is 0 Å². The molecule has 9 nitrogen and oxygen atoms in total. The minimum Gasteiger partial charge on any atom is -0.335 e. The topological polar surface area (TPSA) is 113 Å². The molecule has 0 atom stereocenters. The van der Waals surface area contributed by atoms with E-state index in [-0.39, 0.29) is 22.4 Å². The SMILES string of the molecule is O=C(c1ccc(S(=O)(=O)NCCc2cccs2)cc1)N1CCN(C(=O)c2cnccn2)CC1. The maximum atomic E-state index is 12.8. The number of rotatable bonds is 7. The monoisotopic (exact) mass is 485 g/mol. The Morgan fingerprint density at radius 1 is 0.970 bits per heavy atom. The second kappa shape index (κ2) is 10.2. The molecule has 2 aromatic heterocycles. The number of amides is 2. The average Bonchev–Trinajstić information content (AvgIpc) is 3.37. The summed E-state index contributed by atoms with van der Waals surface area (Å²) in [6.45, 7) is 1.86. The largest absolute Gasteiger partial charge is 0.335 e. The first-order valence-electron chi connectivity index (χ1n) is 10.4. The Balaban J connectivity index is 1.31. The number of hydrogen-bond donors (Lipinski definition) is 1. The van der Waals surface area contributed by atoms with Crippen LogP contribution in [-0.4, -0.2) is 72.7 Å². The van der Waals surface area contributed by atoms with Gasteiger partial charge in [-0.1, -0.05) is 6.07 Å². The highest BCUT2D eigenvalue weighted by atomic mass is 32.2. The summed E-state index contributed by atoms with van der Waals surface area (Å²) in [6.07, 6.45) is 5.02. The van der Waals surface area contributed by atoms with Gasteiger partial charge in [-0.05, 0) is 42.1 Å². The van der Waals surface area contributed by atoms with Gasteiger partial charge in [0.25, 0.3) is 11.8 Å². The zero-order chi connectivity index (χ0) is 23.3. The molecule has 0 aliphatic carbocycles. The van der Waals surface area contributed by atoms with Crippen molar-refractivity contribution in [1.82, 2.24) is 24.5 Å². The molecule has 4 rings (SSSR count). The van der Waals surface area contributed by atoms with E-state index in [0.29, 0.717) is 44.7 Å². The number of hydrogen-bond acceptors (Lipinski definition) is 7. The number of piperazine rings is 1. The quantitative estimate of drug-likeness (QED) is 0.545. The fraction of sp³-hybridized carbons (Fsp3) is 0.273. The van der Waals surface area contributed by atoms with Crippen LogP contribution >= 0.6 is 11.3 Å². The standard InChI is InChI=1S/C22H23N5O4S2/c28-21(26-11-13-27(14-12-26)22(29)20-16-23-9-10-24-20)17-3-5-19(6-4-17)33(30,31)25-8-7-18-2-1-15-32-18/h1-6,9-10,15-16,25H,7-8,11-14H2. The number of aromatic nitrogens is 2. The van der Waals surface area contributed by atoms with Crippen LogP contribution in [0.1, 0.15) is 25.7 Å². The highest BCUT2D eigenvalue weighted by molar-refractivity contribution is 7.89. The van der Waals surface area contributed by atoms with Crippen molar-refractivity contribution in [2.75, 3.05) is 32.7 Å². The van der Waals surface area contributed by atoms with Crippen LogP contribution in [0.5, 0.6) is 0 Å². The number of thiophene rings is 1. The van der Waals surface area contributed by atoms with Crippen LogP contribution in [0, 0.1) is 0 Å². The van der Waals surface area contributed by atoms with Gasteiger partial charge in [0.2, 0.25) is 10.0 Å². The van der Waals surface area contributed by atoms with Crippen LogP contribution in [0.25, 0.3) is 0 Å². The molecule has 1 aromatic carbocycles. The van der Waals surface area contributed by atoms with Gasteiger partial charge in [-0.15, -0.1) is 11.3 Å². The predicted octanol–water partition coefficient (Wildman–Crippen LogP) is 1.66. The minimum absolute atomic E-state index is 0.115. The molecule has 2 amide bonds. The van der Waals surface area contributed by atoms with E-state index in [1.54, 1.807) is 21.1 Å². The molecule has 1 saturated heterocycles. The van der Waals surface area contributed by atoms with Gasteiger partial charge in [-0.25, -0.2) is 18.1 Å². The van der Waals surface area contributed by atoms with Crippen molar-refractivity contribution in [1.29, 1.82) is 0 Å². The Hall–Kier alpha value is -3.15. The second-order valence-corrected chi connectivity index (χ2v) is 10.2. The first-order chi connectivity index (χ1) is 15.9. The van der Waals surface area contributed by atoms with E-state index in [9.17, 15) is 18.0 Å². The van der Waals surface area contributed by atoms with Gasteiger partial charge < -0.3 is 9.80 Å². The van der Waals surface area contributed by atoms with Crippen LogP contribution in [0.15, 0.2) is 65.3 Å². The van der Waals surface area contributed by atoms with Crippen LogP contribution in [-0.2, 0) is 16.4 Å². The van der Waals surface area contributed by atoms with Gasteiger partial charge in [-0.2, -0.15) is 0 Å². The molecule has 33 heavy (non-hydrogen) atoms. The zero-order valence-corrected chi connectivity index (χ0v) is 19.4. The summed E-state index contributed by atoms with van der Waals surface area (Å²) in [5.41, 5.74) is 0.680. The van der Waals surface area contributed by atoms with Gasteiger partial charge in [-0.3, -0.25) is 14.6 Å². The van der Waals surface area contributed by atoms with Crippen molar-refractivity contribution < 1.29 is 18.0 Å². The van der Waals surface area contributed by atoms with Crippen molar-refractivity contribution in [3.05, 3.63) is 76.5 Å². The minimum atomic E-state index is -3.65. The fourth-order valence-electron chi connectivity index (χ4n) is 3.49. The van der Waals surface area contributed by atoms with Crippen molar-refractivity contribution in [2.24, 2.45) is 0 Å². The summed E-state index contributed by atoms with van der Waals surface area (Å²) in [4.78, 5) is 37.8. The number of carbonyl (C=O) groups is 2. The Labute approximate surface area is 196 Å². The maximum Gasteiger partial charge on any atom is 0.274 e. The molecule has 172 valence electrons. The van der Waals surface area contributed by atoms with E-state index >= 15 is 0 Å². The molecule has 0 bridgehead atoms. The van der Waals surface area contributed by atoms with Crippen LogP contribution in [0.4, 0.5) is 0 Å². The number of benzene rings is 1. The number of carbonyl (C=O) groups excluding carboxylic acids is 2. The molecule has 0 radical (unpaired) electrons. The van der Waals surface area contributed by atoms with E-state index in [1.807, 2.05) is 17.5 Å². The first kappa shape index (κ1) is 23.0. The normalized spacial score (nSPS) is 14.3. The summed E-state index contributed by atoms with van der Waals surface area (Å²) < 4.78 is 27.6. The summed E-state index contributed by atoms with van der Waals surface area (Å²) >= 11 is 1.58. The molecule has 0 spiro atoms. The molecular formula is C22H23N5O4S2. The third-order valence-electron chi connectivity index (χ3n) is 5.29. The lowest BCUT2D eigenvalue weighted by atomic mass is 10.2. The lowest BCUT2D eigenvalue weighted by Crippen LogP contribution is -2.50. The summed E-state index contributed by atoms with van der Waals surface area (Å²) in [6, 6.07) is 9.81. The van der Waals surface area contributed by atoms with E-state index in [0.717, 1.165) is 4.88 Å². The lowest BCUT2D eigenvalue weighted by Gasteiger charge is -2.34. The van der Waals surface area contributed by atoms with Gasteiger partial charge in [0.15, 0.2) is 0 Å². The fourth-order valence-corrected chi connectivity index (χ4v) is 5.23. The lowest BCUT2D eigenvalue weighted by molar-refractivity contribution is 0.0532. The Morgan fingerprint density at radius 2 is 1.67 bits per heavy atom. The molecule has 1 aliphatic heterocycles. The second-order valence-electron chi connectivity index (χ2n) is 7.43. The van der Waals surface area contributed by atoms with E-state index in [2.05, 4.69) is 14.7 Å². The van der Waals surface area contributed by atoms with Crippen molar-refractivity contribution in [2.45, 2.75) is 11.3 Å². The van der Waals surface area contributed by atoms with Crippen LogP contribution in [0.2, 0.25) is 0 Å². The Bertz CT molecular complexity index is 1190. The predicted molar refractivity (Wildman–Crippen MR) is 123 cm³/mol. The van der Waals surface area contributed by atoms with Crippen molar-refractivity contribution in [3.8, 4) is 0 Å². The van der Waals surface area contributed by atoms with Crippen LogP contribution in [0.3, 0.4) is 0 Å². The Kier molecular flexibility index (Phi) is 7.11. The molecule has 0 saturated carbocycles.